The summed E-state index contributed by atoms with van der Waals surface area (Å²) in [5, 5.41) is 42.8. The fourth-order valence-electron chi connectivity index (χ4n) is 1.33. The molecule has 0 saturated carbocycles. The summed E-state index contributed by atoms with van der Waals surface area (Å²) in [6.07, 6.45) is -1.34. The Morgan fingerprint density at radius 3 is 1.61 bits per heavy atom. The normalized spacial score (nSPS) is 11.0. The zero-order chi connectivity index (χ0) is 18.1. The number of rotatable bonds is 7. The third-order valence-corrected chi connectivity index (χ3v) is 4.41. The Morgan fingerprint density at radius 2 is 1.43 bits per heavy atom. The number of hydrogen-bond donors (Lipinski definition) is 5. The molecule has 0 aliphatic rings. The second-order valence-corrected chi connectivity index (χ2v) is 7.83. The van der Waals surface area contributed by atoms with Crippen LogP contribution in [0, 0.1) is 0 Å². The zero-order valence-corrected chi connectivity index (χ0v) is 19.0. The van der Waals surface area contributed by atoms with Crippen molar-refractivity contribution in [2.24, 2.45) is 0 Å². The number of carboxylic acid groups (broad SMARTS) is 1. The van der Waals surface area contributed by atoms with Crippen molar-refractivity contribution < 1.29 is 61.3 Å². The Bertz CT molecular complexity index is 363. The van der Waals surface area contributed by atoms with Crippen LogP contribution in [0.1, 0.15) is 6.92 Å². The molecule has 0 aromatic heterocycles. The molecule has 1 aromatic carbocycles. The van der Waals surface area contributed by atoms with E-state index in [0.717, 1.165) is 37.9 Å². The average Bonchev–Trinajstić information content (AvgIpc) is 2.50. The quantitative estimate of drug-likeness (QED) is 0.234. The van der Waals surface area contributed by atoms with Crippen LogP contribution in [0.25, 0.3) is 0 Å². The summed E-state index contributed by atoms with van der Waals surface area (Å²) >= 11 is 0.810. The second-order valence-electron chi connectivity index (χ2n) is 4.65. The van der Waals surface area contributed by atoms with Crippen molar-refractivity contribution in [3.8, 4) is 0 Å². The van der Waals surface area contributed by atoms with Crippen molar-refractivity contribution >= 4 is 9.04 Å². The summed E-state index contributed by atoms with van der Waals surface area (Å²) in [4.78, 5) is 10.4. The van der Waals surface area contributed by atoms with E-state index in [1.807, 2.05) is 0 Å². The number of carbonyl (C=O) groups excluding carboxylic acids is 1. The topological polar surface area (TPSA) is 125 Å². The monoisotopic (exact) mass is 518 g/mol. The first-order valence-corrected chi connectivity index (χ1v) is 10.1. The molecular weight excluding hydrogens is 491 g/mol. The molecule has 0 aliphatic carbocycles. The molecule has 0 fully saturated rings. The van der Waals surface area contributed by atoms with E-state index in [9.17, 15) is 9.90 Å². The molecule has 23 heavy (non-hydrogen) atoms. The number of nitrogens with one attached hydrogen (secondary N) is 1. The number of hydrogen-bond acceptors (Lipinski definition) is 6. The molecule has 0 amide bonds. The van der Waals surface area contributed by atoms with E-state index >= 15 is 0 Å². The Labute approximate surface area is 153 Å². The standard InChI is InChI=1S/C6H15NO3.C6H5.C3H6O3.Hg/c8-4-1-7(2-5-9)3-6-10;1-2-4-6-5-3-1;1-2(4)3(5)6;/h8-10H,1-6H2;1-5H;2,4H,1H3,(H,5,6);/q;;;+1. The van der Waals surface area contributed by atoms with E-state index in [1.54, 1.807) is 0 Å². The molecule has 1 aromatic rings. The van der Waals surface area contributed by atoms with Gasteiger partial charge in [0.05, 0.1) is 31.9 Å². The van der Waals surface area contributed by atoms with Crippen LogP contribution in [-0.2, 0) is 30.9 Å². The van der Waals surface area contributed by atoms with Gasteiger partial charge in [-0.3, -0.25) is 0 Å². The van der Waals surface area contributed by atoms with E-state index in [1.165, 1.54) is 3.07 Å². The molecule has 1 rings (SSSR count). The van der Waals surface area contributed by atoms with Gasteiger partial charge in [-0.15, -0.1) is 0 Å². The van der Waals surface area contributed by atoms with Crippen molar-refractivity contribution in [3.05, 3.63) is 30.3 Å². The summed E-state index contributed by atoms with van der Waals surface area (Å²) in [7, 11) is 0. The number of benzene rings is 1. The van der Waals surface area contributed by atoms with Gasteiger partial charge in [0.1, 0.15) is 19.6 Å². The number of aliphatic hydroxyl groups is 4. The fraction of sp³-hybridized carbons (Fsp3) is 0.533. The SMILES string of the molecule is CC(O)C(=O)[O-].OCC[NH+](CCO)CCO.[Hg+][c]1ccccc1. The average molecular weight is 517 g/mol. The molecule has 0 bridgehead atoms. The van der Waals surface area contributed by atoms with Crippen LogP contribution < -0.4 is 13.1 Å². The fourth-order valence-corrected chi connectivity index (χ4v) is 2.39. The van der Waals surface area contributed by atoms with Crippen molar-refractivity contribution in [2.45, 2.75) is 13.0 Å². The summed E-state index contributed by atoms with van der Waals surface area (Å²) in [6.45, 7) is 3.25. The summed E-state index contributed by atoms with van der Waals surface area (Å²) in [5.74, 6) is -1.44. The van der Waals surface area contributed by atoms with Gasteiger partial charge >= 0.3 is 59.5 Å². The molecule has 0 aliphatic heterocycles. The summed E-state index contributed by atoms with van der Waals surface area (Å²) < 4.78 is 1.52. The molecule has 8 heteroatoms. The predicted molar refractivity (Wildman–Crippen MR) is 79.6 cm³/mol. The second kappa shape index (κ2) is 17.8. The molecule has 1 unspecified atom stereocenters. The molecule has 0 saturated heterocycles. The van der Waals surface area contributed by atoms with Crippen molar-refractivity contribution in [1.29, 1.82) is 0 Å². The van der Waals surface area contributed by atoms with Crippen LogP contribution in [0.4, 0.5) is 0 Å². The molecule has 0 heterocycles. The van der Waals surface area contributed by atoms with E-state index in [0.29, 0.717) is 19.6 Å². The minimum atomic E-state index is -1.44. The van der Waals surface area contributed by atoms with Gasteiger partial charge in [0.2, 0.25) is 0 Å². The number of carboxylic acids is 1. The van der Waals surface area contributed by atoms with Crippen LogP contribution in [0.2, 0.25) is 0 Å². The van der Waals surface area contributed by atoms with Crippen LogP contribution in [0.5, 0.6) is 0 Å². The van der Waals surface area contributed by atoms with Crippen molar-refractivity contribution in [2.75, 3.05) is 39.5 Å². The van der Waals surface area contributed by atoms with Gasteiger partial charge in [0.25, 0.3) is 0 Å². The van der Waals surface area contributed by atoms with Gasteiger partial charge in [-0.05, 0) is 6.92 Å². The van der Waals surface area contributed by atoms with Crippen molar-refractivity contribution in [3.63, 3.8) is 0 Å². The maximum absolute atomic E-state index is 9.34. The van der Waals surface area contributed by atoms with Crippen LogP contribution in [-0.4, -0.2) is 72.0 Å². The first kappa shape index (κ1) is 24.7. The number of aliphatic hydroxyl groups excluding tert-OH is 4. The summed E-state index contributed by atoms with van der Waals surface area (Å²) in [5.41, 5.74) is 0. The van der Waals surface area contributed by atoms with E-state index in [2.05, 4.69) is 30.3 Å². The Kier molecular flexibility index (Phi) is 19.1. The molecular formula is C15H26HgNO6+. The molecule has 7 nitrogen and oxygen atoms in total. The maximum atomic E-state index is 9.34. The Balaban J connectivity index is 0. The minimum absolute atomic E-state index is 0.106. The first-order valence-electron chi connectivity index (χ1n) is 7.31. The Hall–Kier alpha value is -0.575. The van der Waals surface area contributed by atoms with E-state index < -0.39 is 12.1 Å². The predicted octanol–water partition coefficient (Wildman–Crippen LogP) is -4.18. The van der Waals surface area contributed by atoms with Crippen LogP contribution >= 0.6 is 0 Å². The van der Waals surface area contributed by atoms with E-state index in [-0.39, 0.29) is 19.8 Å². The molecule has 1 atom stereocenters. The van der Waals surface area contributed by atoms with Gasteiger partial charge in [0.15, 0.2) is 0 Å². The number of quaternary nitrogens is 1. The van der Waals surface area contributed by atoms with E-state index in [4.69, 9.17) is 20.4 Å². The molecule has 128 valence electrons. The Morgan fingerprint density at radius 1 is 1.09 bits per heavy atom. The first-order chi connectivity index (χ1) is 10.9. The van der Waals surface area contributed by atoms with Gasteiger partial charge in [-0.2, -0.15) is 0 Å². The van der Waals surface area contributed by atoms with Gasteiger partial charge in [-0.25, -0.2) is 0 Å². The van der Waals surface area contributed by atoms with Gasteiger partial charge in [0, 0.05) is 0 Å². The number of carbonyl (C=O) groups is 1. The third-order valence-electron chi connectivity index (χ3n) is 2.58. The van der Waals surface area contributed by atoms with Gasteiger partial charge in [-0.1, -0.05) is 0 Å². The van der Waals surface area contributed by atoms with Gasteiger partial charge < -0.3 is 35.2 Å². The summed E-state index contributed by atoms with van der Waals surface area (Å²) in [6, 6.07) is 10.6. The molecule has 0 spiro atoms. The molecule has 0 radical (unpaired) electrons. The van der Waals surface area contributed by atoms with Crippen LogP contribution in [0.3, 0.4) is 0 Å². The third kappa shape index (κ3) is 19.4. The molecule has 5 N–H and O–H groups in total. The zero-order valence-electron chi connectivity index (χ0n) is 13.5. The van der Waals surface area contributed by atoms with Crippen LogP contribution in [0.15, 0.2) is 30.3 Å². The van der Waals surface area contributed by atoms with Crippen molar-refractivity contribution in [1.82, 2.24) is 0 Å². The number of aliphatic carboxylic acids is 1.